The molecule has 1 aromatic rings. The third kappa shape index (κ3) is 5.96. The fourth-order valence-electron chi connectivity index (χ4n) is 2.08. The first-order valence-electron chi connectivity index (χ1n) is 6.40. The Bertz CT molecular complexity index is 375. The number of aromatic hydroxyl groups is 1. The quantitative estimate of drug-likeness (QED) is 0.857. The van der Waals surface area contributed by atoms with Gasteiger partial charge in [0.25, 0.3) is 0 Å². The predicted octanol–water partition coefficient (Wildman–Crippen LogP) is 3.60. The van der Waals surface area contributed by atoms with E-state index in [1.165, 1.54) is 4.90 Å². The van der Waals surface area contributed by atoms with Crippen molar-refractivity contribution in [2.24, 2.45) is 0 Å². The molecule has 5 heteroatoms. The highest BCUT2D eigenvalue weighted by atomic mass is 19.4. The van der Waals surface area contributed by atoms with Crippen molar-refractivity contribution < 1.29 is 18.3 Å². The van der Waals surface area contributed by atoms with Gasteiger partial charge in [0.1, 0.15) is 5.75 Å². The molecule has 0 aliphatic carbocycles. The van der Waals surface area contributed by atoms with Crippen LogP contribution in [0.5, 0.6) is 5.75 Å². The van der Waals surface area contributed by atoms with E-state index in [1.807, 2.05) is 6.92 Å². The first kappa shape index (κ1) is 15.8. The number of benzene rings is 1. The number of nitrogens with zero attached hydrogens (tertiary/aromatic N) is 1. The number of rotatable bonds is 6. The van der Waals surface area contributed by atoms with Gasteiger partial charge in [0.2, 0.25) is 0 Å². The van der Waals surface area contributed by atoms with E-state index in [2.05, 4.69) is 0 Å². The van der Waals surface area contributed by atoms with Gasteiger partial charge in [0.05, 0.1) is 6.54 Å². The number of halogens is 3. The molecule has 2 nitrogen and oxygen atoms in total. The van der Waals surface area contributed by atoms with E-state index in [0.717, 1.165) is 5.56 Å². The topological polar surface area (TPSA) is 23.5 Å². The van der Waals surface area contributed by atoms with Gasteiger partial charge in [-0.3, -0.25) is 4.90 Å². The Morgan fingerprint density at radius 2 is 1.79 bits per heavy atom. The highest BCUT2D eigenvalue weighted by Gasteiger charge is 2.32. The molecule has 0 saturated heterocycles. The zero-order chi connectivity index (χ0) is 14.5. The second kappa shape index (κ2) is 6.80. The van der Waals surface area contributed by atoms with Gasteiger partial charge < -0.3 is 5.11 Å². The number of hydrogen-bond donors (Lipinski definition) is 1. The maximum absolute atomic E-state index is 12.5. The van der Waals surface area contributed by atoms with Crippen molar-refractivity contribution in [3.63, 3.8) is 0 Å². The summed E-state index contributed by atoms with van der Waals surface area (Å²) in [6.07, 6.45) is -2.94. The van der Waals surface area contributed by atoms with E-state index in [9.17, 15) is 18.3 Å². The van der Waals surface area contributed by atoms with Gasteiger partial charge in [-0.15, -0.1) is 0 Å². The van der Waals surface area contributed by atoms with Crippen molar-refractivity contribution in [1.82, 2.24) is 4.90 Å². The fraction of sp³-hybridized carbons (Fsp3) is 0.571. The molecule has 0 aliphatic rings. The molecular weight excluding hydrogens is 255 g/mol. The summed E-state index contributed by atoms with van der Waals surface area (Å²) < 4.78 is 37.5. The number of phenolic OH excluding ortho intramolecular Hbond substituents is 1. The molecule has 1 rings (SSSR count). The van der Waals surface area contributed by atoms with Crippen LogP contribution in [-0.4, -0.2) is 35.3 Å². The summed E-state index contributed by atoms with van der Waals surface area (Å²) in [6.45, 7) is 3.23. The van der Waals surface area contributed by atoms with Crippen molar-refractivity contribution in [2.45, 2.75) is 38.9 Å². The van der Waals surface area contributed by atoms with E-state index in [4.69, 9.17) is 0 Å². The van der Waals surface area contributed by atoms with Crippen molar-refractivity contribution >= 4 is 0 Å². The van der Waals surface area contributed by atoms with Gasteiger partial charge in [-0.2, -0.15) is 13.2 Å². The molecule has 1 N–H and O–H groups in total. The Balaban J connectivity index is 2.65. The number of hydrogen-bond acceptors (Lipinski definition) is 2. The minimum Gasteiger partial charge on any atom is -0.508 e. The van der Waals surface area contributed by atoms with Crippen molar-refractivity contribution in [1.29, 1.82) is 0 Å². The highest BCUT2D eigenvalue weighted by Crippen LogP contribution is 2.20. The van der Waals surface area contributed by atoms with E-state index in [-0.39, 0.29) is 11.8 Å². The molecule has 0 bridgehead atoms. The smallest absolute Gasteiger partial charge is 0.401 e. The van der Waals surface area contributed by atoms with Gasteiger partial charge in [-0.25, -0.2) is 0 Å². The van der Waals surface area contributed by atoms with Crippen molar-refractivity contribution in [3.05, 3.63) is 29.8 Å². The van der Waals surface area contributed by atoms with Crippen LogP contribution in [0.25, 0.3) is 0 Å². The minimum absolute atomic E-state index is 0.164. The van der Waals surface area contributed by atoms with Crippen LogP contribution < -0.4 is 0 Å². The SMILES string of the molecule is CCCN(CC(F)(F)F)C(C)Cc1ccc(O)cc1. The van der Waals surface area contributed by atoms with Crippen molar-refractivity contribution in [2.75, 3.05) is 13.1 Å². The molecule has 19 heavy (non-hydrogen) atoms. The molecule has 0 spiro atoms. The Kier molecular flexibility index (Phi) is 5.66. The fourth-order valence-corrected chi connectivity index (χ4v) is 2.08. The predicted molar refractivity (Wildman–Crippen MR) is 69.2 cm³/mol. The van der Waals surface area contributed by atoms with Gasteiger partial charge in [0.15, 0.2) is 0 Å². The lowest BCUT2D eigenvalue weighted by molar-refractivity contribution is -0.150. The average Bonchev–Trinajstić information content (AvgIpc) is 2.30. The standard InChI is InChI=1S/C14H20F3NO/c1-3-8-18(10-14(15,16)17)11(2)9-12-4-6-13(19)7-5-12/h4-7,11,19H,3,8-10H2,1-2H3. The molecular formula is C14H20F3NO. The van der Waals surface area contributed by atoms with E-state index >= 15 is 0 Å². The zero-order valence-corrected chi connectivity index (χ0v) is 11.2. The summed E-state index contributed by atoms with van der Waals surface area (Å²) in [6, 6.07) is 6.39. The number of alkyl halides is 3. The molecule has 1 atom stereocenters. The Hall–Kier alpha value is -1.23. The second-order valence-corrected chi connectivity index (χ2v) is 4.81. The monoisotopic (exact) mass is 275 g/mol. The van der Waals surface area contributed by atoms with E-state index in [1.54, 1.807) is 31.2 Å². The third-order valence-electron chi connectivity index (χ3n) is 2.98. The lowest BCUT2D eigenvalue weighted by atomic mass is 10.1. The summed E-state index contributed by atoms with van der Waals surface area (Å²) in [4.78, 5) is 1.45. The normalized spacial score (nSPS) is 13.8. The lowest BCUT2D eigenvalue weighted by Crippen LogP contribution is -2.41. The van der Waals surface area contributed by atoms with Crippen LogP contribution in [-0.2, 0) is 6.42 Å². The molecule has 1 unspecified atom stereocenters. The summed E-state index contributed by atoms with van der Waals surface area (Å²) in [5.41, 5.74) is 0.925. The summed E-state index contributed by atoms with van der Waals surface area (Å²) in [5.74, 6) is 0.164. The largest absolute Gasteiger partial charge is 0.508 e. The average molecular weight is 275 g/mol. The summed E-state index contributed by atoms with van der Waals surface area (Å²) in [7, 11) is 0. The van der Waals surface area contributed by atoms with Gasteiger partial charge in [0, 0.05) is 6.04 Å². The third-order valence-corrected chi connectivity index (χ3v) is 2.98. The summed E-state index contributed by atoms with van der Waals surface area (Å²) >= 11 is 0. The molecule has 108 valence electrons. The molecule has 0 saturated carbocycles. The van der Waals surface area contributed by atoms with E-state index in [0.29, 0.717) is 19.4 Å². The van der Waals surface area contributed by atoms with Gasteiger partial charge in [-0.05, 0) is 44.0 Å². The zero-order valence-electron chi connectivity index (χ0n) is 11.2. The molecule has 1 aromatic carbocycles. The van der Waals surface area contributed by atoms with E-state index < -0.39 is 12.7 Å². The van der Waals surface area contributed by atoms with Crippen LogP contribution in [0.4, 0.5) is 13.2 Å². The summed E-state index contributed by atoms with van der Waals surface area (Å²) in [5, 5.41) is 9.18. The van der Waals surface area contributed by atoms with Gasteiger partial charge in [-0.1, -0.05) is 19.1 Å². The Labute approximate surface area is 111 Å². The molecule has 0 radical (unpaired) electrons. The molecule has 0 amide bonds. The first-order chi connectivity index (χ1) is 8.81. The lowest BCUT2D eigenvalue weighted by Gasteiger charge is -2.29. The van der Waals surface area contributed by atoms with Gasteiger partial charge >= 0.3 is 6.18 Å². The number of phenols is 1. The molecule has 0 aliphatic heterocycles. The molecule has 0 heterocycles. The van der Waals surface area contributed by atoms with Crippen LogP contribution in [0.3, 0.4) is 0 Å². The van der Waals surface area contributed by atoms with Crippen LogP contribution in [0.15, 0.2) is 24.3 Å². The second-order valence-electron chi connectivity index (χ2n) is 4.81. The Morgan fingerprint density at radius 1 is 1.21 bits per heavy atom. The highest BCUT2D eigenvalue weighted by molar-refractivity contribution is 5.26. The first-order valence-corrected chi connectivity index (χ1v) is 6.40. The van der Waals surface area contributed by atoms with Crippen LogP contribution >= 0.6 is 0 Å². The maximum Gasteiger partial charge on any atom is 0.401 e. The minimum atomic E-state index is -4.17. The van der Waals surface area contributed by atoms with Crippen LogP contribution in [0, 0.1) is 0 Å². The van der Waals surface area contributed by atoms with Crippen molar-refractivity contribution in [3.8, 4) is 5.75 Å². The Morgan fingerprint density at radius 3 is 2.26 bits per heavy atom. The molecule has 0 fully saturated rings. The van der Waals surface area contributed by atoms with Crippen LogP contribution in [0.1, 0.15) is 25.8 Å². The molecule has 0 aromatic heterocycles. The maximum atomic E-state index is 12.5. The van der Waals surface area contributed by atoms with Crippen LogP contribution in [0.2, 0.25) is 0 Å².